The molecule has 1 aromatic heterocycles. The van der Waals surface area contributed by atoms with Gasteiger partial charge in [-0.3, -0.25) is 4.68 Å². The average molecular weight is 212 g/mol. The summed E-state index contributed by atoms with van der Waals surface area (Å²) in [6.45, 7) is 4.41. The number of hydrogen-bond donors (Lipinski definition) is 1. The van der Waals surface area contributed by atoms with Crippen molar-refractivity contribution in [1.82, 2.24) is 4.68 Å². The number of aromatic nitrogens is 1. The zero-order chi connectivity index (χ0) is 11.3. The Morgan fingerprint density at radius 3 is 3.00 bits per heavy atom. The van der Waals surface area contributed by atoms with Crippen LogP contribution in [0.15, 0.2) is 24.3 Å². The Bertz CT molecular complexity index is 590. The van der Waals surface area contributed by atoms with Gasteiger partial charge in [0.25, 0.3) is 0 Å². The van der Waals surface area contributed by atoms with Crippen molar-refractivity contribution in [3.05, 3.63) is 41.1 Å². The van der Waals surface area contributed by atoms with Crippen LogP contribution >= 0.6 is 0 Å². The van der Waals surface area contributed by atoms with E-state index in [0.717, 1.165) is 11.9 Å². The molecule has 0 spiro atoms. The molecule has 1 aliphatic carbocycles. The molecule has 2 N–H and O–H groups in total. The van der Waals surface area contributed by atoms with Crippen molar-refractivity contribution >= 4 is 17.0 Å². The van der Waals surface area contributed by atoms with Gasteiger partial charge in [0.05, 0.1) is 11.2 Å². The van der Waals surface area contributed by atoms with Crippen molar-refractivity contribution < 1.29 is 0 Å². The van der Waals surface area contributed by atoms with Crippen LogP contribution in [0.4, 0.5) is 0 Å². The van der Waals surface area contributed by atoms with Crippen molar-refractivity contribution in [2.24, 2.45) is 5.92 Å². The van der Waals surface area contributed by atoms with Gasteiger partial charge in [0.1, 0.15) is 0 Å². The molecule has 82 valence electrons. The summed E-state index contributed by atoms with van der Waals surface area (Å²) < 4.78 is 1.82. The van der Waals surface area contributed by atoms with E-state index in [-0.39, 0.29) is 0 Å². The van der Waals surface area contributed by atoms with Crippen LogP contribution in [0, 0.1) is 12.8 Å². The van der Waals surface area contributed by atoms with Crippen LogP contribution in [0.2, 0.25) is 0 Å². The van der Waals surface area contributed by atoms with Crippen LogP contribution in [0.1, 0.15) is 23.7 Å². The van der Waals surface area contributed by atoms with Gasteiger partial charge in [-0.1, -0.05) is 25.1 Å². The van der Waals surface area contributed by atoms with Crippen LogP contribution in [-0.2, 0) is 6.42 Å². The lowest BCUT2D eigenvalue weighted by Gasteiger charge is -2.13. The second-order valence-corrected chi connectivity index (χ2v) is 4.74. The number of nitrogens with zero attached hydrogens (tertiary/aromatic N) is 1. The van der Waals surface area contributed by atoms with Gasteiger partial charge in [0, 0.05) is 5.39 Å². The van der Waals surface area contributed by atoms with Gasteiger partial charge in [-0.05, 0) is 42.5 Å². The molecular weight excluding hydrogens is 196 g/mol. The van der Waals surface area contributed by atoms with E-state index in [0.29, 0.717) is 5.92 Å². The fourth-order valence-corrected chi connectivity index (χ4v) is 2.68. The van der Waals surface area contributed by atoms with E-state index in [1.807, 2.05) is 4.68 Å². The monoisotopic (exact) mass is 212 g/mol. The SMILES string of the molecule is Cc1cccc2c1c1c(n2N)C=CC(C)C1. The molecule has 2 aromatic rings. The average Bonchev–Trinajstić information content (AvgIpc) is 2.54. The van der Waals surface area contributed by atoms with E-state index in [9.17, 15) is 0 Å². The molecule has 1 atom stereocenters. The van der Waals surface area contributed by atoms with E-state index in [1.54, 1.807) is 0 Å². The fourth-order valence-electron chi connectivity index (χ4n) is 2.68. The van der Waals surface area contributed by atoms with Crippen LogP contribution < -0.4 is 5.84 Å². The maximum Gasteiger partial charge on any atom is 0.0702 e. The Hall–Kier alpha value is -1.70. The number of allylic oxidation sites excluding steroid dienone is 1. The highest BCUT2D eigenvalue weighted by atomic mass is 15.3. The van der Waals surface area contributed by atoms with Gasteiger partial charge in [-0.15, -0.1) is 0 Å². The van der Waals surface area contributed by atoms with E-state index in [4.69, 9.17) is 5.84 Å². The molecule has 0 bridgehead atoms. The first kappa shape index (κ1) is 9.52. The molecule has 2 nitrogen and oxygen atoms in total. The molecule has 0 saturated heterocycles. The first-order valence-electron chi connectivity index (χ1n) is 5.74. The number of nitrogens with two attached hydrogens (primary N) is 1. The maximum atomic E-state index is 6.14. The third-order valence-corrected chi connectivity index (χ3v) is 3.49. The molecule has 3 rings (SSSR count). The highest BCUT2D eigenvalue weighted by molar-refractivity contribution is 5.91. The highest BCUT2D eigenvalue weighted by Gasteiger charge is 2.19. The molecule has 0 fully saturated rings. The van der Waals surface area contributed by atoms with E-state index < -0.39 is 0 Å². The topological polar surface area (TPSA) is 30.9 Å². The molecule has 1 heterocycles. The molecule has 0 radical (unpaired) electrons. The van der Waals surface area contributed by atoms with Crippen molar-refractivity contribution in [2.75, 3.05) is 5.84 Å². The number of rotatable bonds is 0. The van der Waals surface area contributed by atoms with Crippen molar-refractivity contribution in [2.45, 2.75) is 20.3 Å². The lowest BCUT2D eigenvalue weighted by Crippen LogP contribution is -2.12. The van der Waals surface area contributed by atoms with E-state index in [1.165, 1.54) is 22.2 Å². The van der Waals surface area contributed by atoms with Gasteiger partial charge in [0.15, 0.2) is 0 Å². The zero-order valence-electron chi connectivity index (χ0n) is 9.70. The lowest BCUT2D eigenvalue weighted by atomic mass is 9.92. The summed E-state index contributed by atoms with van der Waals surface area (Å²) in [6, 6.07) is 6.32. The molecule has 1 aliphatic rings. The minimum atomic E-state index is 0.609. The Labute approximate surface area is 95.3 Å². The summed E-state index contributed by atoms with van der Waals surface area (Å²) in [5, 5.41) is 1.34. The summed E-state index contributed by atoms with van der Waals surface area (Å²) >= 11 is 0. The number of hydrogen-bond acceptors (Lipinski definition) is 1. The Kier molecular flexibility index (Phi) is 1.87. The van der Waals surface area contributed by atoms with E-state index in [2.05, 4.69) is 44.2 Å². The molecule has 0 saturated carbocycles. The number of aryl methyl sites for hydroxylation is 1. The molecular formula is C14H16N2. The second kappa shape index (κ2) is 3.14. The summed E-state index contributed by atoms with van der Waals surface area (Å²) in [7, 11) is 0. The molecule has 0 aliphatic heterocycles. The second-order valence-electron chi connectivity index (χ2n) is 4.74. The van der Waals surface area contributed by atoms with Gasteiger partial charge in [-0.2, -0.15) is 0 Å². The maximum absolute atomic E-state index is 6.14. The minimum Gasteiger partial charge on any atom is -0.339 e. The van der Waals surface area contributed by atoms with E-state index >= 15 is 0 Å². The molecule has 1 aromatic carbocycles. The van der Waals surface area contributed by atoms with Crippen molar-refractivity contribution in [3.8, 4) is 0 Å². The summed E-state index contributed by atoms with van der Waals surface area (Å²) in [5.41, 5.74) is 5.04. The van der Waals surface area contributed by atoms with Crippen molar-refractivity contribution in [1.29, 1.82) is 0 Å². The molecule has 2 heteroatoms. The fraction of sp³-hybridized carbons (Fsp3) is 0.286. The minimum absolute atomic E-state index is 0.609. The Balaban J connectivity index is 2.44. The predicted molar refractivity (Wildman–Crippen MR) is 68.7 cm³/mol. The third kappa shape index (κ3) is 1.13. The largest absolute Gasteiger partial charge is 0.339 e. The number of nitrogen functional groups attached to an aromatic ring is 1. The van der Waals surface area contributed by atoms with Gasteiger partial charge >= 0.3 is 0 Å². The highest BCUT2D eigenvalue weighted by Crippen LogP contribution is 2.33. The summed E-state index contributed by atoms with van der Waals surface area (Å²) in [5.74, 6) is 6.75. The molecule has 0 amide bonds. The number of fused-ring (bicyclic) bond motifs is 3. The Morgan fingerprint density at radius 2 is 2.19 bits per heavy atom. The van der Waals surface area contributed by atoms with Gasteiger partial charge in [0.2, 0.25) is 0 Å². The smallest absolute Gasteiger partial charge is 0.0702 e. The normalized spacial score (nSPS) is 19.0. The van der Waals surface area contributed by atoms with Crippen molar-refractivity contribution in [3.63, 3.8) is 0 Å². The quantitative estimate of drug-likeness (QED) is 0.669. The molecule has 16 heavy (non-hydrogen) atoms. The number of benzene rings is 1. The van der Waals surface area contributed by atoms with Gasteiger partial charge < -0.3 is 5.84 Å². The Morgan fingerprint density at radius 1 is 1.38 bits per heavy atom. The summed E-state index contributed by atoms with van der Waals surface area (Å²) in [6.07, 6.45) is 5.49. The third-order valence-electron chi connectivity index (χ3n) is 3.49. The van der Waals surface area contributed by atoms with Crippen LogP contribution in [0.25, 0.3) is 17.0 Å². The predicted octanol–water partition coefficient (Wildman–Crippen LogP) is 2.87. The lowest BCUT2D eigenvalue weighted by molar-refractivity contribution is 0.716. The first-order chi connectivity index (χ1) is 7.68. The van der Waals surface area contributed by atoms with Crippen LogP contribution in [-0.4, -0.2) is 4.68 Å². The summed E-state index contributed by atoms with van der Waals surface area (Å²) in [4.78, 5) is 0. The van der Waals surface area contributed by atoms with Crippen LogP contribution in [0.3, 0.4) is 0 Å². The zero-order valence-corrected chi connectivity index (χ0v) is 9.70. The standard InChI is InChI=1S/C14H16N2/c1-9-6-7-12-11(8-9)14-10(2)4-3-5-13(14)16(12)15/h3-7,9H,8,15H2,1-2H3. The van der Waals surface area contributed by atoms with Gasteiger partial charge in [-0.25, -0.2) is 0 Å². The van der Waals surface area contributed by atoms with Crippen LogP contribution in [0.5, 0.6) is 0 Å². The first-order valence-corrected chi connectivity index (χ1v) is 5.74. The molecule has 1 unspecified atom stereocenters.